The standard InChI is InChI=1S/C23H24ClN3O3/c1-14-13-25-27(19-10-6-8-15-7-4-5-9-17(15)19)22(14)26-23(28)16-11-18(24)21(30-3)20(12-16)29-2/h4-5,7,9,11-13,19H,6,8,10H2,1-3H3,(H,26,28). The van der Waals surface area contributed by atoms with Crippen LogP contribution >= 0.6 is 11.6 Å². The number of aryl methyl sites for hydroxylation is 2. The third-order valence-corrected chi connectivity index (χ3v) is 5.82. The van der Waals surface area contributed by atoms with Gasteiger partial charge in [0.2, 0.25) is 0 Å². The molecular weight excluding hydrogens is 402 g/mol. The average Bonchev–Trinajstić information content (AvgIpc) is 3.12. The molecular formula is C23H24ClN3O3. The quantitative estimate of drug-likeness (QED) is 0.621. The van der Waals surface area contributed by atoms with E-state index in [2.05, 4.69) is 34.7 Å². The summed E-state index contributed by atoms with van der Waals surface area (Å²) in [4.78, 5) is 13.1. The van der Waals surface area contributed by atoms with Gasteiger partial charge < -0.3 is 14.8 Å². The molecule has 4 rings (SSSR count). The van der Waals surface area contributed by atoms with Gasteiger partial charge in [0.15, 0.2) is 11.5 Å². The molecule has 0 aliphatic heterocycles. The summed E-state index contributed by atoms with van der Waals surface area (Å²) in [6, 6.07) is 11.7. The maximum Gasteiger partial charge on any atom is 0.257 e. The van der Waals surface area contributed by atoms with Crippen molar-refractivity contribution >= 4 is 23.3 Å². The number of benzene rings is 2. The van der Waals surface area contributed by atoms with Crippen molar-refractivity contribution in [2.75, 3.05) is 19.5 Å². The zero-order valence-electron chi connectivity index (χ0n) is 17.2. The molecule has 0 spiro atoms. The van der Waals surface area contributed by atoms with E-state index in [4.69, 9.17) is 21.1 Å². The van der Waals surface area contributed by atoms with Crippen LogP contribution in [-0.4, -0.2) is 29.9 Å². The molecule has 1 heterocycles. The van der Waals surface area contributed by atoms with Crippen molar-refractivity contribution in [1.29, 1.82) is 0 Å². The maximum atomic E-state index is 13.1. The number of hydrogen-bond acceptors (Lipinski definition) is 4. The van der Waals surface area contributed by atoms with Gasteiger partial charge >= 0.3 is 0 Å². The van der Waals surface area contributed by atoms with Gasteiger partial charge in [0.1, 0.15) is 5.82 Å². The predicted molar refractivity (Wildman–Crippen MR) is 117 cm³/mol. The predicted octanol–water partition coefficient (Wildman–Crippen LogP) is 5.04. The third kappa shape index (κ3) is 3.63. The fourth-order valence-corrected chi connectivity index (χ4v) is 4.34. The first-order chi connectivity index (χ1) is 14.5. The van der Waals surface area contributed by atoms with Crippen LogP contribution in [0.5, 0.6) is 11.5 Å². The van der Waals surface area contributed by atoms with Crippen molar-refractivity contribution in [1.82, 2.24) is 9.78 Å². The van der Waals surface area contributed by atoms with Gasteiger partial charge in [-0.2, -0.15) is 5.10 Å². The van der Waals surface area contributed by atoms with Gasteiger partial charge in [-0.25, -0.2) is 4.68 Å². The van der Waals surface area contributed by atoms with Gasteiger partial charge in [-0.1, -0.05) is 35.9 Å². The second kappa shape index (κ2) is 8.40. The number of fused-ring (bicyclic) bond motifs is 1. The van der Waals surface area contributed by atoms with Gasteiger partial charge in [0.25, 0.3) is 5.91 Å². The SMILES string of the molecule is COc1cc(C(=O)Nc2c(C)cnn2C2CCCc3ccccc32)cc(Cl)c1OC. The Balaban J connectivity index is 1.67. The number of hydrogen-bond donors (Lipinski definition) is 1. The van der Waals surface area contributed by atoms with Gasteiger partial charge in [-0.15, -0.1) is 0 Å². The summed E-state index contributed by atoms with van der Waals surface area (Å²) >= 11 is 6.28. The molecule has 1 aliphatic carbocycles. The van der Waals surface area contributed by atoms with Crippen LogP contribution in [0.1, 0.15) is 45.9 Å². The van der Waals surface area contributed by atoms with E-state index in [0.29, 0.717) is 27.9 Å². The maximum absolute atomic E-state index is 13.1. The summed E-state index contributed by atoms with van der Waals surface area (Å²) in [6.45, 7) is 1.94. The minimum atomic E-state index is -0.285. The van der Waals surface area contributed by atoms with Crippen LogP contribution in [0.2, 0.25) is 5.02 Å². The van der Waals surface area contributed by atoms with E-state index in [9.17, 15) is 4.79 Å². The minimum absolute atomic E-state index is 0.0907. The molecule has 0 saturated carbocycles. The highest BCUT2D eigenvalue weighted by Crippen LogP contribution is 2.37. The normalized spacial score (nSPS) is 15.4. The summed E-state index contributed by atoms with van der Waals surface area (Å²) in [6.07, 6.45) is 4.91. The molecule has 0 saturated heterocycles. The number of aromatic nitrogens is 2. The molecule has 1 aliphatic rings. The lowest BCUT2D eigenvalue weighted by atomic mass is 9.88. The van der Waals surface area contributed by atoms with Gasteiger partial charge in [0, 0.05) is 11.1 Å². The summed E-state index contributed by atoms with van der Waals surface area (Å²) < 4.78 is 12.5. The third-order valence-electron chi connectivity index (χ3n) is 5.54. The molecule has 7 heteroatoms. The molecule has 30 heavy (non-hydrogen) atoms. The van der Waals surface area contributed by atoms with E-state index in [0.717, 1.165) is 24.8 Å². The first-order valence-corrected chi connectivity index (χ1v) is 10.3. The molecule has 0 radical (unpaired) electrons. The molecule has 6 nitrogen and oxygen atoms in total. The van der Waals surface area contributed by atoms with Crippen molar-refractivity contribution in [2.45, 2.75) is 32.2 Å². The molecule has 0 bridgehead atoms. The summed E-state index contributed by atoms with van der Waals surface area (Å²) in [5.41, 5.74) is 3.88. The Morgan fingerprint density at radius 2 is 2.03 bits per heavy atom. The van der Waals surface area contributed by atoms with Gasteiger partial charge in [-0.05, 0) is 49.4 Å². The lowest BCUT2D eigenvalue weighted by molar-refractivity contribution is 0.102. The van der Waals surface area contributed by atoms with E-state index in [1.165, 1.54) is 25.3 Å². The van der Waals surface area contributed by atoms with Crippen LogP contribution in [0, 0.1) is 6.92 Å². The van der Waals surface area contributed by atoms with Crippen molar-refractivity contribution < 1.29 is 14.3 Å². The largest absolute Gasteiger partial charge is 0.493 e. The molecule has 1 N–H and O–H groups in total. The van der Waals surface area contributed by atoms with E-state index in [1.54, 1.807) is 18.3 Å². The summed E-state index contributed by atoms with van der Waals surface area (Å²) in [5.74, 6) is 1.21. The number of halogens is 1. The molecule has 3 aromatic rings. The minimum Gasteiger partial charge on any atom is -0.493 e. The Labute approximate surface area is 180 Å². The number of carbonyl (C=O) groups excluding carboxylic acids is 1. The fraction of sp³-hybridized carbons (Fsp3) is 0.304. The Bertz CT molecular complexity index is 1090. The Hall–Kier alpha value is -2.99. The van der Waals surface area contributed by atoms with Crippen molar-refractivity contribution in [3.63, 3.8) is 0 Å². The first kappa shape index (κ1) is 20.3. The Morgan fingerprint density at radius 1 is 1.23 bits per heavy atom. The molecule has 156 valence electrons. The molecule has 1 aromatic heterocycles. The second-order valence-electron chi connectivity index (χ2n) is 7.38. The fourth-order valence-electron chi connectivity index (χ4n) is 4.05. The Morgan fingerprint density at radius 3 is 2.80 bits per heavy atom. The molecule has 0 fully saturated rings. The highest BCUT2D eigenvalue weighted by atomic mass is 35.5. The Kier molecular flexibility index (Phi) is 5.68. The number of nitrogens with zero attached hydrogens (tertiary/aromatic N) is 2. The molecule has 2 aromatic carbocycles. The number of rotatable bonds is 5. The summed E-state index contributed by atoms with van der Waals surface area (Å²) in [5, 5.41) is 7.93. The number of amides is 1. The van der Waals surface area contributed by atoms with Crippen molar-refractivity contribution in [3.8, 4) is 11.5 Å². The van der Waals surface area contributed by atoms with Crippen LogP contribution in [0.25, 0.3) is 0 Å². The van der Waals surface area contributed by atoms with Gasteiger partial charge in [0.05, 0.1) is 31.5 Å². The van der Waals surface area contributed by atoms with E-state index in [1.807, 2.05) is 11.6 Å². The lowest BCUT2D eigenvalue weighted by Gasteiger charge is -2.27. The van der Waals surface area contributed by atoms with Crippen molar-refractivity contribution in [2.24, 2.45) is 0 Å². The highest BCUT2D eigenvalue weighted by molar-refractivity contribution is 6.32. The van der Waals surface area contributed by atoms with Crippen LogP contribution in [0.4, 0.5) is 5.82 Å². The molecule has 1 amide bonds. The lowest BCUT2D eigenvalue weighted by Crippen LogP contribution is -2.22. The van der Waals surface area contributed by atoms with E-state index in [-0.39, 0.29) is 11.9 Å². The highest BCUT2D eigenvalue weighted by Gasteiger charge is 2.26. The average molecular weight is 426 g/mol. The van der Waals surface area contributed by atoms with Crippen molar-refractivity contribution in [3.05, 3.63) is 69.9 Å². The molecule has 1 atom stereocenters. The number of nitrogens with one attached hydrogen (secondary N) is 1. The number of ether oxygens (including phenoxy) is 2. The first-order valence-electron chi connectivity index (χ1n) is 9.88. The zero-order chi connectivity index (χ0) is 21.3. The number of methoxy groups -OCH3 is 2. The van der Waals surface area contributed by atoms with Crippen LogP contribution in [0.15, 0.2) is 42.6 Å². The number of anilines is 1. The second-order valence-corrected chi connectivity index (χ2v) is 7.78. The van der Waals surface area contributed by atoms with Crippen LogP contribution < -0.4 is 14.8 Å². The molecule has 1 unspecified atom stereocenters. The van der Waals surface area contributed by atoms with E-state index < -0.39 is 0 Å². The smallest absolute Gasteiger partial charge is 0.257 e. The van der Waals surface area contributed by atoms with Crippen LogP contribution in [-0.2, 0) is 6.42 Å². The number of carbonyl (C=O) groups is 1. The summed E-state index contributed by atoms with van der Waals surface area (Å²) in [7, 11) is 3.02. The van der Waals surface area contributed by atoms with Crippen LogP contribution in [0.3, 0.4) is 0 Å². The zero-order valence-corrected chi connectivity index (χ0v) is 18.0. The monoisotopic (exact) mass is 425 g/mol. The van der Waals surface area contributed by atoms with Gasteiger partial charge in [-0.3, -0.25) is 4.79 Å². The van der Waals surface area contributed by atoms with E-state index >= 15 is 0 Å². The topological polar surface area (TPSA) is 65.4 Å².